The first-order valence-electron chi connectivity index (χ1n) is 7.33. The highest BCUT2D eigenvalue weighted by atomic mass is 19.4. The maximum atomic E-state index is 12.5. The maximum Gasteiger partial charge on any atom is 0.416 e. The van der Waals surface area contributed by atoms with Crippen molar-refractivity contribution in [1.29, 1.82) is 0 Å². The van der Waals surface area contributed by atoms with E-state index in [1.807, 2.05) is 0 Å². The summed E-state index contributed by atoms with van der Waals surface area (Å²) in [6.07, 6.45) is -1.48. The third-order valence-electron chi connectivity index (χ3n) is 3.50. The summed E-state index contributed by atoms with van der Waals surface area (Å²) in [6, 6.07) is 8.25. The van der Waals surface area contributed by atoms with Gasteiger partial charge in [0.15, 0.2) is 0 Å². The molecule has 3 aromatic rings. The fraction of sp³-hybridized carbons (Fsp3) is 0.0588. The van der Waals surface area contributed by atoms with Gasteiger partial charge in [0.2, 0.25) is 0 Å². The highest BCUT2D eigenvalue weighted by Gasteiger charge is 2.30. The number of hydrogen-bond donors (Lipinski definition) is 2. The molecule has 0 aliphatic rings. The second-order valence-corrected chi connectivity index (χ2v) is 5.24. The van der Waals surface area contributed by atoms with Gasteiger partial charge in [0.25, 0.3) is 11.8 Å². The van der Waals surface area contributed by atoms with Crippen LogP contribution in [0.25, 0.3) is 11.0 Å². The van der Waals surface area contributed by atoms with Crippen molar-refractivity contribution >= 4 is 22.8 Å². The summed E-state index contributed by atoms with van der Waals surface area (Å²) >= 11 is 0. The van der Waals surface area contributed by atoms with E-state index in [9.17, 15) is 22.8 Å². The maximum absolute atomic E-state index is 12.5. The number of amides is 2. The lowest BCUT2D eigenvalue weighted by atomic mass is 10.1. The summed E-state index contributed by atoms with van der Waals surface area (Å²) in [6.45, 7) is 0. The molecule has 0 bridgehead atoms. The van der Waals surface area contributed by atoms with E-state index in [1.165, 1.54) is 24.5 Å². The molecule has 2 N–H and O–H groups in total. The molecule has 0 radical (unpaired) electrons. The van der Waals surface area contributed by atoms with Gasteiger partial charge in [-0.15, -0.1) is 0 Å². The number of fused-ring (bicyclic) bond motifs is 1. The summed E-state index contributed by atoms with van der Waals surface area (Å²) in [7, 11) is 0. The molecular formula is C17H11F3N4O2. The smallest absolute Gasteiger partial charge is 0.267 e. The zero-order chi connectivity index (χ0) is 18.7. The second kappa shape index (κ2) is 6.79. The molecule has 0 spiro atoms. The largest absolute Gasteiger partial charge is 0.416 e. The van der Waals surface area contributed by atoms with Gasteiger partial charge >= 0.3 is 6.18 Å². The van der Waals surface area contributed by atoms with Crippen molar-refractivity contribution in [3.05, 3.63) is 71.5 Å². The number of aromatic nitrogens is 2. The number of hydrazine groups is 1. The molecule has 2 amide bonds. The van der Waals surface area contributed by atoms with E-state index < -0.39 is 23.6 Å². The van der Waals surface area contributed by atoms with Gasteiger partial charge in [0.1, 0.15) is 0 Å². The number of benzene rings is 2. The number of nitrogens with one attached hydrogen (secondary N) is 2. The molecule has 26 heavy (non-hydrogen) atoms. The molecular weight excluding hydrogens is 349 g/mol. The zero-order valence-electron chi connectivity index (χ0n) is 13.0. The van der Waals surface area contributed by atoms with Gasteiger partial charge in [-0.1, -0.05) is 0 Å². The molecule has 0 aliphatic heterocycles. The standard InChI is InChI=1S/C17H11F3N4O2/c18-17(19,20)12-4-1-10(2-5-12)15(25)23-24-16(26)11-3-6-13-14(9-11)22-8-7-21-13/h1-9H,(H,23,25)(H,24,26). The van der Waals surface area contributed by atoms with Crippen LogP contribution in [0.3, 0.4) is 0 Å². The summed E-state index contributed by atoms with van der Waals surface area (Å²) in [5, 5.41) is 0. The van der Waals surface area contributed by atoms with Crippen LogP contribution in [0.4, 0.5) is 13.2 Å². The van der Waals surface area contributed by atoms with Crippen LogP contribution in [0, 0.1) is 0 Å². The predicted octanol–water partition coefficient (Wildman–Crippen LogP) is 2.72. The van der Waals surface area contributed by atoms with E-state index in [0.29, 0.717) is 11.0 Å². The topological polar surface area (TPSA) is 84.0 Å². The van der Waals surface area contributed by atoms with Crippen molar-refractivity contribution in [2.75, 3.05) is 0 Å². The van der Waals surface area contributed by atoms with Crippen LogP contribution in [0.15, 0.2) is 54.9 Å². The number of halogens is 3. The molecule has 1 heterocycles. The zero-order valence-corrected chi connectivity index (χ0v) is 13.0. The summed E-state index contributed by atoms with van der Waals surface area (Å²) in [5.41, 5.74) is 4.81. The van der Waals surface area contributed by atoms with Crippen LogP contribution in [0.1, 0.15) is 26.3 Å². The number of carbonyl (C=O) groups is 2. The van der Waals surface area contributed by atoms with E-state index in [-0.39, 0.29) is 11.1 Å². The molecule has 6 nitrogen and oxygen atoms in total. The predicted molar refractivity (Wildman–Crippen MR) is 85.9 cm³/mol. The van der Waals surface area contributed by atoms with Gasteiger partial charge in [-0.05, 0) is 42.5 Å². The van der Waals surface area contributed by atoms with Crippen molar-refractivity contribution in [3.8, 4) is 0 Å². The van der Waals surface area contributed by atoms with Crippen molar-refractivity contribution in [1.82, 2.24) is 20.8 Å². The normalized spacial score (nSPS) is 11.2. The Bertz CT molecular complexity index is 972. The minimum atomic E-state index is -4.48. The molecule has 0 saturated heterocycles. The summed E-state index contributed by atoms with van der Waals surface area (Å²) in [5.74, 6) is -1.34. The van der Waals surface area contributed by atoms with Crippen molar-refractivity contribution < 1.29 is 22.8 Å². The van der Waals surface area contributed by atoms with Gasteiger partial charge in [0.05, 0.1) is 16.6 Å². The van der Waals surface area contributed by atoms with E-state index in [2.05, 4.69) is 20.8 Å². The van der Waals surface area contributed by atoms with E-state index in [4.69, 9.17) is 0 Å². The number of hydrogen-bond acceptors (Lipinski definition) is 4. The number of rotatable bonds is 2. The van der Waals surface area contributed by atoms with Crippen LogP contribution >= 0.6 is 0 Å². The first-order chi connectivity index (χ1) is 12.3. The molecule has 9 heteroatoms. The molecule has 1 aromatic heterocycles. The van der Waals surface area contributed by atoms with Crippen molar-refractivity contribution in [2.45, 2.75) is 6.18 Å². The van der Waals surface area contributed by atoms with Gasteiger partial charge in [0, 0.05) is 23.5 Å². The third kappa shape index (κ3) is 3.77. The monoisotopic (exact) mass is 360 g/mol. The fourth-order valence-corrected chi connectivity index (χ4v) is 2.17. The van der Waals surface area contributed by atoms with Crippen LogP contribution in [-0.4, -0.2) is 21.8 Å². The minimum Gasteiger partial charge on any atom is -0.267 e. The SMILES string of the molecule is O=C(NNC(=O)c1ccc2nccnc2c1)c1ccc(C(F)(F)F)cc1. The average molecular weight is 360 g/mol. The lowest BCUT2D eigenvalue weighted by Crippen LogP contribution is -2.41. The summed E-state index contributed by atoms with van der Waals surface area (Å²) in [4.78, 5) is 32.2. The third-order valence-corrected chi connectivity index (χ3v) is 3.50. The molecule has 0 atom stereocenters. The second-order valence-electron chi connectivity index (χ2n) is 5.24. The quantitative estimate of drug-likeness (QED) is 0.689. The molecule has 0 aliphatic carbocycles. The Balaban J connectivity index is 1.65. The van der Waals surface area contributed by atoms with Crippen LogP contribution in [0.5, 0.6) is 0 Å². The van der Waals surface area contributed by atoms with Crippen LogP contribution in [0.2, 0.25) is 0 Å². The number of carbonyl (C=O) groups excluding carboxylic acids is 2. The fourth-order valence-electron chi connectivity index (χ4n) is 2.17. The number of nitrogens with zero attached hydrogens (tertiary/aromatic N) is 2. The van der Waals surface area contributed by atoms with Gasteiger partial charge in [-0.2, -0.15) is 13.2 Å². The molecule has 3 rings (SSSR count). The molecule has 0 fully saturated rings. The van der Waals surface area contributed by atoms with Crippen molar-refractivity contribution in [3.63, 3.8) is 0 Å². The van der Waals surface area contributed by atoms with E-state index in [0.717, 1.165) is 24.3 Å². The molecule has 0 unspecified atom stereocenters. The Morgan fingerprint density at radius 3 is 1.92 bits per heavy atom. The first kappa shape index (κ1) is 17.3. The molecule has 0 saturated carbocycles. The Morgan fingerprint density at radius 1 is 0.769 bits per heavy atom. The van der Waals surface area contributed by atoms with E-state index >= 15 is 0 Å². The lowest BCUT2D eigenvalue weighted by molar-refractivity contribution is -0.137. The molecule has 132 valence electrons. The number of alkyl halides is 3. The van der Waals surface area contributed by atoms with E-state index in [1.54, 1.807) is 6.07 Å². The Labute approximate surface area is 145 Å². The van der Waals surface area contributed by atoms with Crippen LogP contribution in [-0.2, 0) is 6.18 Å². The van der Waals surface area contributed by atoms with Gasteiger partial charge in [-0.3, -0.25) is 30.4 Å². The highest BCUT2D eigenvalue weighted by molar-refractivity contribution is 6.00. The minimum absolute atomic E-state index is 0.0253. The van der Waals surface area contributed by atoms with Crippen LogP contribution < -0.4 is 10.9 Å². The van der Waals surface area contributed by atoms with Crippen molar-refractivity contribution in [2.24, 2.45) is 0 Å². The Kier molecular flexibility index (Phi) is 4.53. The highest BCUT2D eigenvalue weighted by Crippen LogP contribution is 2.29. The first-order valence-corrected chi connectivity index (χ1v) is 7.33. The van der Waals surface area contributed by atoms with Gasteiger partial charge in [-0.25, -0.2) is 0 Å². The lowest BCUT2D eigenvalue weighted by Gasteiger charge is -2.09. The Morgan fingerprint density at radius 2 is 1.31 bits per heavy atom. The average Bonchev–Trinajstić information content (AvgIpc) is 2.64. The van der Waals surface area contributed by atoms with Gasteiger partial charge < -0.3 is 0 Å². The molecule has 2 aromatic carbocycles. The summed E-state index contributed by atoms with van der Waals surface area (Å²) < 4.78 is 37.5. The Hall–Kier alpha value is -3.49.